The maximum Gasteiger partial charge on any atom is 0.336 e. The van der Waals surface area contributed by atoms with E-state index in [-0.39, 0.29) is 5.69 Å². The molecule has 5 rings (SSSR count). The highest BCUT2D eigenvalue weighted by atomic mass is 79.9. The van der Waals surface area contributed by atoms with Gasteiger partial charge in [0.25, 0.3) is 5.69 Å². The van der Waals surface area contributed by atoms with Crippen LogP contribution in [0, 0.1) is 10.1 Å². The smallest absolute Gasteiger partial charge is 0.336 e. The van der Waals surface area contributed by atoms with Crippen LogP contribution in [0.25, 0.3) is 33.9 Å². The number of carboxylic acid groups (broad SMARTS) is 1. The fourth-order valence-electron chi connectivity index (χ4n) is 4.28. The monoisotopic (exact) mass is 504 g/mol. The first kappa shape index (κ1) is 21.1. The lowest BCUT2D eigenvalue weighted by Crippen LogP contribution is -2.13. The minimum atomic E-state index is -0.950. The van der Waals surface area contributed by atoms with E-state index >= 15 is 0 Å². The number of benzene rings is 2. The number of aromatic carboxylic acids is 1. The number of carbonyl (C=O) groups is 1. The number of non-ortho nitro benzene ring substituents is 1. The van der Waals surface area contributed by atoms with Crippen molar-refractivity contribution >= 4 is 50.1 Å². The number of halogens is 1. The molecule has 2 heterocycles. The highest BCUT2D eigenvalue weighted by Gasteiger charge is 2.25. The molecule has 0 bridgehead atoms. The molecule has 1 N–H and O–H groups in total. The molecule has 0 amide bonds. The summed E-state index contributed by atoms with van der Waals surface area (Å²) in [4.78, 5) is 27.4. The predicted molar refractivity (Wildman–Crippen MR) is 128 cm³/mol. The average Bonchev–Trinajstić information content (AvgIpc) is 3.25. The summed E-state index contributed by atoms with van der Waals surface area (Å²) < 4.78 is 6.58. The number of hydrogen-bond acceptors (Lipinski definition) is 5. The van der Waals surface area contributed by atoms with Gasteiger partial charge in [-0.15, -0.1) is 0 Å². The summed E-state index contributed by atoms with van der Waals surface area (Å²) in [7, 11) is 0. The normalized spacial score (nSPS) is 14.4. The Kier molecular flexibility index (Phi) is 5.30. The maximum absolute atomic E-state index is 12.1. The highest BCUT2D eigenvalue weighted by molar-refractivity contribution is 9.10. The molecular weight excluding hydrogens is 488 g/mol. The van der Waals surface area contributed by atoms with E-state index in [1.807, 2.05) is 30.3 Å². The summed E-state index contributed by atoms with van der Waals surface area (Å²) in [5.74, 6) is 0.219. The van der Waals surface area contributed by atoms with Crippen LogP contribution in [0.3, 0.4) is 0 Å². The van der Waals surface area contributed by atoms with E-state index < -0.39 is 10.9 Å². The standard InChI is InChI=1S/C25H17BrN2O5/c26-20-13-15(28(31)32)8-10-17(20)22-11-9-16(33-22)12-14-4-3-6-19-23(25(29)30)18-5-1-2-7-21(18)27-24(14)19/h1-2,5,7-13H,3-4,6H2,(H,29,30). The molecule has 164 valence electrons. The molecule has 0 saturated heterocycles. The number of rotatable bonds is 4. The number of allylic oxidation sites excluding steroid dienone is 1. The van der Waals surface area contributed by atoms with Gasteiger partial charge in [-0.05, 0) is 76.7 Å². The lowest BCUT2D eigenvalue weighted by Gasteiger charge is -2.21. The second kappa shape index (κ2) is 8.29. The summed E-state index contributed by atoms with van der Waals surface area (Å²) in [5.41, 5.74) is 4.04. The van der Waals surface area contributed by atoms with Crippen LogP contribution in [-0.4, -0.2) is 21.0 Å². The second-order valence-corrected chi connectivity index (χ2v) is 8.64. The third kappa shape index (κ3) is 3.82. The SMILES string of the molecule is O=C(O)c1c2c(nc3ccccc13)C(=Cc1ccc(-c3ccc([N+](=O)[O-])cc3Br)o1)CCC2. The molecule has 7 nitrogen and oxygen atoms in total. The molecular formula is C25H17BrN2O5. The van der Waals surface area contributed by atoms with Crippen LogP contribution < -0.4 is 0 Å². The van der Waals surface area contributed by atoms with Crippen LogP contribution in [0.5, 0.6) is 0 Å². The number of nitro benzene ring substituents is 1. The zero-order valence-electron chi connectivity index (χ0n) is 17.2. The third-order valence-electron chi connectivity index (χ3n) is 5.76. The van der Waals surface area contributed by atoms with E-state index in [2.05, 4.69) is 15.9 Å². The first-order chi connectivity index (χ1) is 15.9. The van der Waals surface area contributed by atoms with Gasteiger partial charge in [0.15, 0.2) is 0 Å². The number of carboxylic acids is 1. The van der Waals surface area contributed by atoms with Crippen molar-refractivity contribution in [2.45, 2.75) is 19.3 Å². The summed E-state index contributed by atoms with van der Waals surface area (Å²) in [6.45, 7) is 0. The summed E-state index contributed by atoms with van der Waals surface area (Å²) in [5, 5.41) is 21.5. The second-order valence-electron chi connectivity index (χ2n) is 7.78. The molecule has 0 atom stereocenters. The van der Waals surface area contributed by atoms with Gasteiger partial charge in [0, 0.05) is 27.6 Å². The molecule has 0 saturated carbocycles. The van der Waals surface area contributed by atoms with Crippen LogP contribution >= 0.6 is 15.9 Å². The van der Waals surface area contributed by atoms with Crippen LogP contribution in [0.1, 0.15) is 40.2 Å². The first-order valence-electron chi connectivity index (χ1n) is 10.3. The van der Waals surface area contributed by atoms with Crippen molar-refractivity contribution < 1.29 is 19.2 Å². The largest absolute Gasteiger partial charge is 0.478 e. The maximum atomic E-state index is 12.1. The number of hydrogen-bond donors (Lipinski definition) is 1. The van der Waals surface area contributed by atoms with Crippen LogP contribution in [0.2, 0.25) is 0 Å². The zero-order chi connectivity index (χ0) is 23.1. The van der Waals surface area contributed by atoms with Crippen molar-refractivity contribution in [2.75, 3.05) is 0 Å². The van der Waals surface area contributed by atoms with Gasteiger partial charge in [0.2, 0.25) is 0 Å². The van der Waals surface area contributed by atoms with Crippen molar-refractivity contribution in [3.63, 3.8) is 0 Å². The molecule has 33 heavy (non-hydrogen) atoms. The number of nitro groups is 1. The Morgan fingerprint density at radius 2 is 1.97 bits per heavy atom. The number of para-hydroxylation sites is 1. The molecule has 8 heteroatoms. The summed E-state index contributed by atoms with van der Waals surface area (Å²) in [6.07, 6.45) is 4.13. The van der Waals surface area contributed by atoms with E-state index in [0.29, 0.717) is 50.1 Å². The molecule has 0 unspecified atom stereocenters. The topological polar surface area (TPSA) is 106 Å². The van der Waals surface area contributed by atoms with E-state index in [4.69, 9.17) is 9.40 Å². The van der Waals surface area contributed by atoms with Gasteiger partial charge in [-0.3, -0.25) is 10.1 Å². The Labute approximate surface area is 196 Å². The first-order valence-corrected chi connectivity index (χ1v) is 11.1. The van der Waals surface area contributed by atoms with E-state index in [1.165, 1.54) is 12.1 Å². The quantitative estimate of drug-likeness (QED) is 0.243. The molecule has 1 aliphatic carbocycles. The van der Waals surface area contributed by atoms with Crippen molar-refractivity contribution in [2.24, 2.45) is 0 Å². The van der Waals surface area contributed by atoms with Gasteiger partial charge in [0.1, 0.15) is 11.5 Å². The highest BCUT2D eigenvalue weighted by Crippen LogP contribution is 2.37. The van der Waals surface area contributed by atoms with Crippen LogP contribution in [0.15, 0.2) is 63.5 Å². The molecule has 0 spiro atoms. The van der Waals surface area contributed by atoms with Crippen molar-refractivity contribution in [3.8, 4) is 11.3 Å². The van der Waals surface area contributed by atoms with Crippen molar-refractivity contribution in [1.29, 1.82) is 0 Å². The molecule has 2 aromatic heterocycles. The minimum absolute atomic E-state index is 0.00845. The number of fused-ring (bicyclic) bond motifs is 2. The van der Waals surface area contributed by atoms with Gasteiger partial charge >= 0.3 is 5.97 Å². The third-order valence-corrected chi connectivity index (χ3v) is 6.41. The van der Waals surface area contributed by atoms with Gasteiger partial charge in [0.05, 0.1) is 21.7 Å². The zero-order valence-corrected chi connectivity index (χ0v) is 18.8. The Hall–Kier alpha value is -3.78. The number of furan rings is 1. The minimum Gasteiger partial charge on any atom is -0.478 e. The number of aromatic nitrogens is 1. The number of nitrogens with zero attached hydrogens (tertiary/aromatic N) is 2. The Morgan fingerprint density at radius 3 is 2.73 bits per heavy atom. The lowest BCUT2D eigenvalue weighted by atomic mass is 9.86. The lowest BCUT2D eigenvalue weighted by molar-refractivity contribution is -0.384. The van der Waals surface area contributed by atoms with Gasteiger partial charge in [-0.1, -0.05) is 18.2 Å². The predicted octanol–water partition coefficient (Wildman–Crippen LogP) is 6.74. The average molecular weight is 505 g/mol. The fraction of sp³-hybridized carbons (Fsp3) is 0.120. The summed E-state index contributed by atoms with van der Waals surface area (Å²) in [6, 6.07) is 15.4. The molecule has 4 aromatic rings. The van der Waals surface area contributed by atoms with Crippen molar-refractivity contribution in [3.05, 3.63) is 91.8 Å². The molecule has 0 radical (unpaired) electrons. The van der Waals surface area contributed by atoms with Gasteiger partial charge in [-0.25, -0.2) is 9.78 Å². The molecule has 1 aliphatic rings. The molecule has 0 aliphatic heterocycles. The summed E-state index contributed by atoms with van der Waals surface area (Å²) >= 11 is 3.38. The van der Waals surface area contributed by atoms with E-state index in [1.54, 1.807) is 18.2 Å². The van der Waals surface area contributed by atoms with Crippen LogP contribution in [0.4, 0.5) is 5.69 Å². The number of pyridine rings is 1. The Morgan fingerprint density at radius 1 is 1.15 bits per heavy atom. The Bertz CT molecular complexity index is 1470. The van der Waals surface area contributed by atoms with Crippen LogP contribution in [-0.2, 0) is 6.42 Å². The van der Waals surface area contributed by atoms with E-state index in [0.717, 1.165) is 24.0 Å². The molecule has 2 aromatic carbocycles. The fourth-order valence-corrected chi connectivity index (χ4v) is 4.85. The van der Waals surface area contributed by atoms with Gasteiger partial charge in [-0.2, -0.15) is 0 Å². The van der Waals surface area contributed by atoms with E-state index in [9.17, 15) is 20.0 Å². The Balaban J connectivity index is 1.57. The van der Waals surface area contributed by atoms with Crippen molar-refractivity contribution in [1.82, 2.24) is 4.98 Å². The van der Waals surface area contributed by atoms with Gasteiger partial charge < -0.3 is 9.52 Å². The molecule has 0 fully saturated rings.